The van der Waals surface area contributed by atoms with Crippen molar-refractivity contribution in [3.8, 4) is 11.4 Å². The number of benzene rings is 2. The number of rotatable bonds is 7. The first-order valence-corrected chi connectivity index (χ1v) is 12.0. The Bertz CT molecular complexity index is 1030. The van der Waals surface area contributed by atoms with Crippen LogP contribution in [0.1, 0.15) is 31.5 Å². The van der Waals surface area contributed by atoms with E-state index in [1.165, 1.54) is 43.1 Å². The van der Waals surface area contributed by atoms with Crippen LogP contribution in [0.5, 0.6) is 5.75 Å². The van der Waals surface area contributed by atoms with Crippen LogP contribution in [-0.4, -0.2) is 46.6 Å². The Morgan fingerprint density at radius 3 is 2.28 bits per heavy atom. The third kappa shape index (κ3) is 5.43. The van der Waals surface area contributed by atoms with Crippen LogP contribution in [0.4, 0.5) is 11.4 Å². The van der Waals surface area contributed by atoms with Gasteiger partial charge in [-0.05, 0) is 68.3 Å². The lowest BCUT2D eigenvalue weighted by atomic mass is 10.2. The molecule has 4 rings (SSSR count). The van der Waals surface area contributed by atoms with Crippen molar-refractivity contribution in [1.82, 2.24) is 14.8 Å². The summed E-state index contributed by atoms with van der Waals surface area (Å²) >= 11 is 1.37. The van der Waals surface area contributed by atoms with E-state index in [0.29, 0.717) is 5.16 Å². The van der Waals surface area contributed by atoms with Crippen molar-refractivity contribution in [3.05, 3.63) is 54.4 Å². The van der Waals surface area contributed by atoms with Gasteiger partial charge in [0.15, 0.2) is 5.16 Å². The summed E-state index contributed by atoms with van der Waals surface area (Å²) in [6.07, 6.45) is 5.12. The van der Waals surface area contributed by atoms with E-state index in [-0.39, 0.29) is 11.7 Å². The van der Waals surface area contributed by atoms with Crippen LogP contribution in [0.2, 0.25) is 0 Å². The molecule has 2 heterocycles. The van der Waals surface area contributed by atoms with Gasteiger partial charge in [-0.15, -0.1) is 10.2 Å². The second-order valence-corrected chi connectivity index (χ2v) is 8.79. The lowest BCUT2D eigenvalue weighted by Crippen LogP contribution is -2.23. The first-order chi connectivity index (χ1) is 15.6. The zero-order valence-corrected chi connectivity index (χ0v) is 19.4. The van der Waals surface area contributed by atoms with Crippen LogP contribution >= 0.6 is 11.8 Å². The zero-order valence-electron chi connectivity index (χ0n) is 18.6. The molecule has 1 aliphatic heterocycles. The maximum Gasteiger partial charge on any atom is 0.234 e. The first-order valence-electron chi connectivity index (χ1n) is 11.0. The molecule has 0 spiro atoms. The van der Waals surface area contributed by atoms with Gasteiger partial charge < -0.3 is 15.0 Å². The maximum atomic E-state index is 12.5. The lowest BCUT2D eigenvalue weighted by Gasteiger charge is -2.22. The fraction of sp³-hybridized carbons (Fsp3) is 0.375. The smallest absolute Gasteiger partial charge is 0.234 e. The van der Waals surface area contributed by atoms with E-state index in [2.05, 4.69) is 32.5 Å². The quantitative estimate of drug-likeness (QED) is 0.525. The molecule has 0 radical (unpaired) electrons. The number of anilines is 2. The second-order valence-electron chi connectivity index (χ2n) is 7.85. The number of nitrogens with zero attached hydrogens (tertiary/aromatic N) is 4. The fourth-order valence-corrected chi connectivity index (χ4v) is 4.67. The Morgan fingerprint density at radius 2 is 1.62 bits per heavy atom. The number of hydrogen-bond donors (Lipinski definition) is 1. The summed E-state index contributed by atoms with van der Waals surface area (Å²) in [5, 5.41) is 12.1. The molecule has 1 saturated heterocycles. The Kier molecular flexibility index (Phi) is 7.32. The number of aryl methyl sites for hydroxylation is 1. The minimum Gasteiger partial charge on any atom is -0.497 e. The number of amides is 1. The van der Waals surface area contributed by atoms with Gasteiger partial charge in [-0.25, -0.2) is 0 Å². The highest BCUT2D eigenvalue weighted by molar-refractivity contribution is 7.99. The normalized spacial score (nSPS) is 14.1. The third-order valence-corrected chi connectivity index (χ3v) is 6.51. The van der Waals surface area contributed by atoms with E-state index in [1.807, 2.05) is 47.9 Å². The molecule has 0 saturated carbocycles. The Labute approximate surface area is 193 Å². The van der Waals surface area contributed by atoms with Crippen LogP contribution in [0.3, 0.4) is 0 Å². The number of methoxy groups -OCH3 is 1. The van der Waals surface area contributed by atoms with Gasteiger partial charge in [0.1, 0.15) is 11.6 Å². The van der Waals surface area contributed by atoms with Gasteiger partial charge in [-0.3, -0.25) is 9.36 Å². The molecule has 1 fully saturated rings. The van der Waals surface area contributed by atoms with Crippen molar-refractivity contribution in [3.63, 3.8) is 0 Å². The molecule has 1 aliphatic rings. The molecular weight excluding hydrogens is 422 g/mol. The van der Waals surface area contributed by atoms with E-state index in [1.54, 1.807) is 7.11 Å². The Hall–Kier alpha value is -3.00. The Balaban J connectivity index is 1.35. The number of thioether (sulfide) groups is 1. The minimum atomic E-state index is -0.0699. The van der Waals surface area contributed by atoms with Crippen molar-refractivity contribution in [2.75, 3.05) is 36.2 Å². The van der Waals surface area contributed by atoms with Crippen LogP contribution in [-0.2, 0) is 4.79 Å². The molecule has 1 N–H and O–H groups in total. The molecule has 1 aromatic heterocycles. The number of carbonyl (C=O) groups excluding carboxylic acids is 1. The molecule has 8 heteroatoms. The highest BCUT2D eigenvalue weighted by Crippen LogP contribution is 2.25. The van der Waals surface area contributed by atoms with E-state index in [4.69, 9.17) is 4.74 Å². The largest absolute Gasteiger partial charge is 0.497 e. The summed E-state index contributed by atoms with van der Waals surface area (Å²) in [4.78, 5) is 15.0. The van der Waals surface area contributed by atoms with Crippen LogP contribution in [0.25, 0.3) is 5.69 Å². The average molecular weight is 452 g/mol. The molecule has 3 aromatic rings. The van der Waals surface area contributed by atoms with Gasteiger partial charge in [0, 0.05) is 30.2 Å². The highest BCUT2D eigenvalue weighted by Gasteiger charge is 2.14. The van der Waals surface area contributed by atoms with E-state index >= 15 is 0 Å². The molecular formula is C24H29N5O2S. The third-order valence-electron chi connectivity index (χ3n) is 5.58. The first kappa shape index (κ1) is 22.2. The minimum absolute atomic E-state index is 0.0699. The second kappa shape index (κ2) is 10.5. The van der Waals surface area contributed by atoms with Gasteiger partial charge in [0.05, 0.1) is 12.9 Å². The van der Waals surface area contributed by atoms with E-state index < -0.39 is 0 Å². The van der Waals surface area contributed by atoms with Crippen LogP contribution in [0.15, 0.2) is 53.7 Å². The predicted octanol–water partition coefficient (Wildman–Crippen LogP) is 4.70. The van der Waals surface area contributed by atoms with E-state index in [9.17, 15) is 4.79 Å². The number of carbonyl (C=O) groups is 1. The topological polar surface area (TPSA) is 72.3 Å². The van der Waals surface area contributed by atoms with Gasteiger partial charge in [0.25, 0.3) is 0 Å². The SMILES string of the molecule is COc1ccc(-n2c(C)nnc2SCC(=O)Nc2ccc(N3CCCCCC3)cc2)cc1. The molecule has 1 amide bonds. The van der Waals surface area contributed by atoms with E-state index in [0.717, 1.165) is 36.0 Å². The molecule has 0 unspecified atom stereocenters. The summed E-state index contributed by atoms with van der Waals surface area (Å²) in [6, 6.07) is 15.8. The molecule has 2 aromatic carbocycles. The van der Waals surface area contributed by atoms with Gasteiger partial charge in [-0.1, -0.05) is 24.6 Å². The Morgan fingerprint density at radius 1 is 0.969 bits per heavy atom. The average Bonchev–Trinajstić information content (AvgIpc) is 3.00. The monoisotopic (exact) mass is 451 g/mol. The summed E-state index contributed by atoms with van der Waals surface area (Å²) in [5.74, 6) is 1.74. The molecule has 0 aliphatic carbocycles. The van der Waals surface area contributed by atoms with Crippen LogP contribution < -0.4 is 15.0 Å². The number of aromatic nitrogens is 3. The van der Waals surface area contributed by atoms with Gasteiger partial charge >= 0.3 is 0 Å². The predicted molar refractivity (Wildman–Crippen MR) is 129 cm³/mol. The highest BCUT2D eigenvalue weighted by atomic mass is 32.2. The lowest BCUT2D eigenvalue weighted by molar-refractivity contribution is -0.113. The standard InChI is InChI=1S/C24H29N5O2S/c1-18-26-27-24(29(18)21-11-13-22(31-2)14-12-21)32-17-23(30)25-19-7-9-20(10-8-19)28-15-5-3-4-6-16-28/h7-14H,3-6,15-17H2,1-2H3,(H,25,30). The molecule has 7 nitrogen and oxygen atoms in total. The number of ether oxygens (including phenoxy) is 1. The number of nitrogens with one attached hydrogen (secondary N) is 1. The van der Waals surface area contributed by atoms with Crippen molar-refractivity contribution in [2.24, 2.45) is 0 Å². The summed E-state index contributed by atoms with van der Waals surface area (Å²) in [7, 11) is 1.64. The summed E-state index contributed by atoms with van der Waals surface area (Å²) in [5.41, 5.74) is 2.96. The van der Waals surface area contributed by atoms with Crippen LogP contribution in [0, 0.1) is 6.92 Å². The summed E-state index contributed by atoms with van der Waals surface area (Å²) in [6.45, 7) is 4.11. The molecule has 0 bridgehead atoms. The van der Waals surface area contributed by atoms with Crippen molar-refractivity contribution in [1.29, 1.82) is 0 Å². The number of hydrogen-bond acceptors (Lipinski definition) is 6. The van der Waals surface area contributed by atoms with Crippen molar-refractivity contribution >= 4 is 29.0 Å². The van der Waals surface area contributed by atoms with Gasteiger partial charge in [0.2, 0.25) is 5.91 Å². The summed E-state index contributed by atoms with van der Waals surface area (Å²) < 4.78 is 7.17. The molecule has 32 heavy (non-hydrogen) atoms. The zero-order chi connectivity index (χ0) is 22.3. The van der Waals surface area contributed by atoms with Crippen molar-refractivity contribution < 1.29 is 9.53 Å². The van der Waals surface area contributed by atoms with Gasteiger partial charge in [-0.2, -0.15) is 0 Å². The maximum absolute atomic E-state index is 12.5. The molecule has 0 atom stereocenters. The van der Waals surface area contributed by atoms with Crippen molar-refractivity contribution in [2.45, 2.75) is 37.8 Å². The molecule has 168 valence electrons. The fourth-order valence-electron chi connectivity index (χ4n) is 3.88.